The van der Waals surface area contributed by atoms with E-state index in [9.17, 15) is 14.4 Å². The fourth-order valence-corrected chi connectivity index (χ4v) is 3.11. The van der Waals surface area contributed by atoms with E-state index in [1.807, 2.05) is 58.9 Å². The lowest BCUT2D eigenvalue weighted by Gasteiger charge is -2.21. The molecule has 0 spiro atoms. The maximum atomic E-state index is 12.7. The summed E-state index contributed by atoms with van der Waals surface area (Å²) in [5.74, 6) is -0.995. The van der Waals surface area contributed by atoms with E-state index in [1.165, 1.54) is 0 Å². The van der Waals surface area contributed by atoms with E-state index in [0.717, 1.165) is 16.7 Å². The number of nitrogens with one attached hydrogen (secondary N) is 3. The van der Waals surface area contributed by atoms with Crippen LogP contribution in [-0.2, 0) is 4.79 Å². The fraction of sp³-hybridized carbons (Fsp3) is 0.348. The summed E-state index contributed by atoms with van der Waals surface area (Å²) >= 11 is 0. The predicted octanol–water partition coefficient (Wildman–Crippen LogP) is 3.22. The molecule has 0 aliphatic rings. The molecule has 0 radical (unpaired) electrons. The zero-order chi connectivity index (χ0) is 21.6. The number of rotatable bonds is 6. The van der Waals surface area contributed by atoms with Gasteiger partial charge in [0, 0.05) is 11.1 Å². The molecule has 0 aliphatic heterocycles. The number of carbonyl (C=O) groups excluding carboxylic acids is 3. The molecular formula is C23H29N3O3. The lowest BCUT2D eigenvalue weighted by atomic mass is 10.0. The zero-order valence-electron chi connectivity index (χ0n) is 17.6. The van der Waals surface area contributed by atoms with Crippen molar-refractivity contribution in [2.75, 3.05) is 0 Å². The summed E-state index contributed by atoms with van der Waals surface area (Å²) in [6.45, 7) is 9.57. The first-order valence-electron chi connectivity index (χ1n) is 9.73. The minimum Gasteiger partial charge on any atom is -0.340 e. The van der Waals surface area contributed by atoms with E-state index in [2.05, 4.69) is 16.2 Å². The van der Waals surface area contributed by atoms with Gasteiger partial charge in [-0.3, -0.25) is 25.2 Å². The fourth-order valence-electron chi connectivity index (χ4n) is 3.11. The van der Waals surface area contributed by atoms with Crippen LogP contribution in [-0.4, -0.2) is 23.8 Å². The third kappa shape index (κ3) is 6.17. The first kappa shape index (κ1) is 22.1. The highest BCUT2D eigenvalue weighted by Gasteiger charge is 2.23. The molecule has 2 aromatic carbocycles. The number of carbonyl (C=O) groups is 3. The van der Waals surface area contributed by atoms with E-state index in [1.54, 1.807) is 18.2 Å². The Hall–Kier alpha value is -3.15. The third-order valence-corrected chi connectivity index (χ3v) is 4.64. The molecule has 0 bridgehead atoms. The summed E-state index contributed by atoms with van der Waals surface area (Å²) in [6.07, 6.45) is 0.447. The summed E-state index contributed by atoms with van der Waals surface area (Å²) in [6, 6.07) is 11.9. The van der Waals surface area contributed by atoms with Crippen LogP contribution in [0.3, 0.4) is 0 Å². The lowest BCUT2D eigenvalue weighted by Crippen LogP contribution is -2.52. The molecular weight excluding hydrogens is 366 g/mol. The van der Waals surface area contributed by atoms with Crippen LogP contribution < -0.4 is 16.2 Å². The first-order valence-corrected chi connectivity index (χ1v) is 9.73. The molecule has 0 aromatic heterocycles. The smallest absolute Gasteiger partial charge is 0.269 e. The van der Waals surface area contributed by atoms with Crippen molar-refractivity contribution in [3.05, 3.63) is 70.3 Å². The van der Waals surface area contributed by atoms with Crippen LogP contribution in [0.1, 0.15) is 57.7 Å². The Morgan fingerprint density at radius 1 is 0.828 bits per heavy atom. The summed E-state index contributed by atoms with van der Waals surface area (Å²) in [7, 11) is 0. The minimum absolute atomic E-state index is 0.179. The Balaban J connectivity index is 2.05. The summed E-state index contributed by atoms with van der Waals surface area (Å²) in [5, 5.41) is 2.79. The average Bonchev–Trinajstić information content (AvgIpc) is 2.65. The molecule has 29 heavy (non-hydrogen) atoms. The molecule has 3 N–H and O–H groups in total. The maximum Gasteiger partial charge on any atom is 0.269 e. The van der Waals surface area contributed by atoms with Gasteiger partial charge < -0.3 is 5.32 Å². The van der Waals surface area contributed by atoms with Crippen LogP contribution in [0.4, 0.5) is 0 Å². The quantitative estimate of drug-likeness (QED) is 0.657. The molecule has 6 nitrogen and oxygen atoms in total. The van der Waals surface area contributed by atoms with Gasteiger partial charge in [0.25, 0.3) is 17.7 Å². The molecule has 0 saturated heterocycles. The molecule has 0 aliphatic carbocycles. The van der Waals surface area contributed by atoms with Gasteiger partial charge in [-0.2, -0.15) is 0 Å². The topological polar surface area (TPSA) is 87.3 Å². The Morgan fingerprint density at radius 3 is 2.10 bits per heavy atom. The highest BCUT2D eigenvalue weighted by atomic mass is 16.2. The van der Waals surface area contributed by atoms with Gasteiger partial charge in [0.1, 0.15) is 6.04 Å². The van der Waals surface area contributed by atoms with E-state index in [0.29, 0.717) is 17.5 Å². The van der Waals surface area contributed by atoms with Gasteiger partial charge in [0.05, 0.1) is 0 Å². The highest BCUT2D eigenvalue weighted by molar-refractivity contribution is 6.00. The summed E-state index contributed by atoms with van der Waals surface area (Å²) in [4.78, 5) is 37.7. The Labute approximate surface area is 172 Å². The number of amides is 3. The average molecular weight is 396 g/mol. The molecule has 2 aromatic rings. The van der Waals surface area contributed by atoms with Crippen LogP contribution in [0.25, 0.3) is 0 Å². The minimum atomic E-state index is -0.762. The van der Waals surface area contributed by atoms with Crippen molar-refractivity contribution >= 4 is 17.7 Å². The number of aryl methyl sites for hydroxylation is 3. The molecule has 6 heteroatoms. The van der Waals surface area contributed by atoms with Crippen LogP contribution in [0.5, 0.6) is 0 Å². The largest absolute Gasteiger partial charge is 0.340 e. The molecule has 0 saturated carbocycles. The van der Waals surface area contributed by atoms with Gasteiger partial charge in [-0.25, -0.2) is 0 Å². The molecule has 1 atom stereocenters. The molecule has 2 rings (SSSR count). The standard InChI is InChI=1S/C23H29N3O3/c1-14(2)12-20(24-21(27)18-9-7-6-8-16(18)4)23(29)26-25-22(28)19-11-10-15(3)13-17(19)5/h6-11,13-14,20H,12H2,1-5H3,(H,24,27)(H,25,28)(H,26,29)/t20-/m1/s1. The van der Waals surface area contributed by atoms with Crippen molar-refractivity contribution in [1.29, 1.82) is 0 Å². The predicted molar refractivity (Wildman–Crippen MR) is 113 cm³/mol. The van der Waals surface area contributed by atoms with Crippen molar-refractivity contribution in [3.8, 4) is 0 Å². The first-order chi connectivity index (χ1) is 13.7. The van der Waals surface area contributed by atoms with Crippen molar-refractivity contribution in [3.63, 3.8) is 0 Å². The number of hydrogen-bond acceptors (Lipinski definition) is 3. The highest BCUT2D eigenvalue weighted by Crippen LogP contribution is 2.11. The zero-order valence-corrected chi connectivity index (χ0v) is 17.6. The van der Waals surface area contributed by atoms with Gasteiger partial charge >= 0.3 is 0 Å². The number of hydrazine groups is 1. The third-order valence-electron chi connectivity index (χ3n) is 4.64. The van der Waals surface area contributed by atoms with Crippen LogP contribution >= 0.6 is 0 Å². The summed E-state index contributed by atoms with van der Waals surface area (Å²) in [5.41, 5.74) is 8.61. The van der Waals surface area contributed by atoms with Crippen molar-refractivity contribution in [1.82, 2.24) is 16.2 Å². The SMILES string of the molecule is Cc1ccc(C(=O)NNC(=O)[C@@H](CC(C)C)NC(=O)c2ccccc2C)c(C)c1. The number of hydrogen-bond donors (Lipinski definition) is 3. The van der Waals surface area contributed by atoms with Gasteiger partial charge in [-0.15, -0.1) is 0 Å². The van der Waals surface area contributed by atoms with Gasteiger partial charge in [0.2, 0.25) is 0 Å². The number of benzene rings is 2. The van der Waals surface area contributed by atoms with Crippen molar-refractivity contribution < 1.29 is 14.4 Å². The normalized spacial score (nSPS) is 11.7. The van der Waals surface area contributed by atoms with E-state index in [-0.39, 0.29) is 11.8 Å². The van der Waals surface area contributed by atoms with Crippen molar-refractivity contribution in [2.45, 2.75) is 47.1 Å². The second-order valence-electron chi connectivity index (χ2n) is 7.73. The van der Waals surface area contributed by atoms with E-state index >= 15 is 0 Å². The van der Waals surface area contributed by atoms with Gasteiger partial charge in [-0.05, 0) is 56.4 Å². The van der Waals surface area contributed by atoms with Crippen LogP contribution in [0.2, 0.25) is 0 Å². The second kappa shape index (κ2) is 9.87. The Kier molecular flexibility index (Phi) is 7.53. The molecule has 0 unspecified atom stereocenters. The van der Waals surface area contributed by atoms with Gasteiger partial charge in [-0.1, -0.05) is 49.7 Å². The molecule has 0 fully saturated rings. The van der Waals surface area contributed by atoms with Crippen LogP contribution in [0, 0.1) is 26.7 Å². The van der Waals surface area contributed by atoms with Crippen molar-refractivity contribution in [2.24, 2.45) is 5.92 Å². The Morgan fingerprint density at radius 2 is 1.48 bits per heavy atom. The Bertz CT molecular complexity index is 906. The monoisotopic (exact) mass is 395 g/mol. The second-order valence-corrected chi connectivity index (χ2v) is 7.73. The lowest BCUT2D eigenvalue weighted by molar-refractivity contribution is -0.124. The molecule has 3 amide bonds. The summed E-state index contributed by atoms with van der Waals surface area (Å²) < 4.78 is 0. The molecule has 0 heterocycles. The van der Waals surface area contributed by atoms with E-state index in [4.69, 9.17) is 0 Å². The molecule has 154 valence electrons. The van der Waals surface area contributed by atoms with Crippen LogP contribution in [0.15, 0.2) is 42.5 Å². The maximum absolute atomic E-state index is 12.7. The van der Waals surface area contributed by atoms with Gasteiger partial charge in [0.15, 0.2) is 0 Å². The van der Waals surface area contributed by atoms with E-state index < -0.39 is 17.9 Å².